The number of Topliss-reactive ketones (excluding diaryl/α,β-unsaturated/α-hetero) is 1. The number of ketones is 1. The zero-order valence-electron chi connectivity index (χ0n) is 15.6. The predicted octanol–water partition coefficient (Wildman–Crippen LogP) is 3.37. The van der Waals surface area contributed by atoms with Crippen molar-refractivity contribution < 1.29 is 19.4 Å². The maximum Gasteiger partial charge on any atom is 0.290 e. The number of aromatic nitrogens is 1. The summed E-state index contributed by atoms with van der Waals surface area (Å²) in [7, 11) is 1.60. The SMILES string of the molecule is COCCCN1C(=O)C(O)=C(C(=O)c2sc(C)nc2C)C1c1ccccc1. The van der Waals surface area contributed by atoms with Crippen LogP contribution in [0.25, 0.3) is 0 Å². The average molecular weight is 386 g/mol. The summed E-state index contributed by atoms with van der Waals surface area (Å²) in [4.78, 5) is 32.3. The number of carbonyl (C=O) groups is 2. The van der Waals surface area contributed by atoms with E-state index < -0.39 is 17.7 Å². The largest absolute Gasteiger partial charge is 0.503 e. The van der Waals surface area contributed by atoms with Gasteiger partial charge in [-0.2, -0.15) is 0 Å². The Bertz CT molecular complexity index is 889. The summed E-state index contributed by atoms with van der Waals surface area (Å²) in [6.45, 7) is 4.46. The highest BCUT2D eigenvalue weighted by molar-refractivity contribution is 7.14. The lowest BCUT2D eigenvalue weighted by atomic mass is 9.95. The zero-order valence-corrected chi connectivity index (χ0v) is 16.4. The molecule has 1 aliphatic rings. The van der Waals surface area contributed by atoms with Gasteiger partial charge >= 0.3 is 0 Å². The van der Waals surface area contributed by atoms with E-state index in [0.29, 0.717) is 30.1 Å². The van der Waals surface area contributed by atoms with Crippen LogP contribution in [-0.4, -0.2) is 46.9 Å². The fourth-order valence-corrected chi connectivity index (χ4v) is 4.22. The number of hydrogen-bond acceptors (Lipinski definition) is 6. The molecule has 1 aromatic carbocycles. The van der Waals surface area contributed by atoms with Crippen LogP contribution in [0.5, 0.6) is 0 Å². The molecule has 1 aromatic heterocycles. The monoisotopic (exact) mass is 386 g/mol. The van der Waals surface area contributed by atoms with Crippen molar-refractivity contribution in [3.05, 3.63) is 62.8 Å². The molecule has 1 unspecified atom stereocenters. The fraction of sp³-hybridized carbons (Fsp3) is 0.350. The van der Waals surface area contributed by atoms with Crippen molar-refractivity contribution in [2.75, 3.05) is 20.3 Å². The molecule has 0 spiro atoms. The fourth-order valence-electron chi connectivity index (χ4n) is 3.34. The summed E-state index contributed by atoms with van der Waals surface area (Å²) in [6, 6.07) is 8.68. The number of methoxy groups -OCH3 is 1. The number of amides is 1. The van der Waals surface area contributed by atoms with Crippen molar-refractivity contribution in [3.63, 3.8) is 0 Å². The van der Waals surface area contributed by atoms with E-state index in [-0.39, 0.29) is 11.4 Å². The van der Waals surface area contributed by atoms with Crippen LogP contribution in [0.4, 0.5) is 0 Å². The highest BCUT2D eigenvalue weighted by Crippen LogP contribution is 2.40. The highest BCUT2D eigenvalue weighted by atomic mass is 32.1. The van der Waals surface area contributed by atoms with Gasteiger partial charge < -0.3 is 14.7 Å². The van der Waals surface area contributed by atoms with Crippen molar-refractivity contribution in [2.24, 2.45) is 0 Å². The minimum Gasteiger partial charge on any atom is -0.503 e. The number of aliphatic hydroxyl groups excluding tert-OH is 1. The van der Waals surface area contributed by atoms with E-state index >= 15 is 0 Å². The van der Waals surface area contributed by atoms with E-state index in [2.05, 4.69) is 4.98 Å². The lowest BCUT2D eigenvalue weighted by molar-refractivity contribution is -0.129. The van der Waals surface area contributed by atoms with Crippen molar-refractivity contribution >= 4 is 23.0 Å². The van der Waals surface area contributed by atoms with Gasteiger partial charge in [-0.25, -0.2) is 4.98 Å². The first-order chi connectivity index (χ1) is 13.0. The van der Waals surface area contributed by atoms with E-state index in [1.54, 1.807) is 18.9 Å². The predicted molar refractivity (Wildman–Crippen MR) is 103 cm³/mol. The first-order valence-electron chi connectivity index (χ1n) is 8.72. The number of aryl methyl sites for hydroxylation is 2. The van der Waals surface area contributed by atoms with Crippen LogP contribution in [0, 0.1) is 13.8 Å². The Balaban J connectivity index is 2.04. The molecule has 0 bridgehead atoms. The molecule has 0 saturated heterocycles. The molecular formula is C20H22N2O4S. The molecule has 142 valence electrons. The number of thiazole rings is 1. The van der Waals surface area contributed by atoms with Gasteiger partial charge in [0.05, 0.1) is 27.2 Å². The van der Waals surface area contributed by atoms with Gasteiger partial charge in [0.2, 0.25) is 5.78 Å². The number of nitrogens with zero attached hydrogens (tertiary/aromatic N) is 2. The standard InChI is InChI=1S/C20H22N2O4S/c1-12-19(27-13(2)21-12)17(23)15-16(14-8-5-4-6-9-14)22(10-7-11-26-3)20(25)18(15)24/h4-6,8-9,16,24H,7,10-11H2,1-3H3. The average Bonchev–Trinajstić information content (AvgIpc) is 3.12. The molecule has 1 N–H and O–H groups in total. The highest BCUT2D eigenvalue weighted by Gasteiger charge is 2.44. The maximum absolute atomic E-state index is 13.2. The molecule has 1 aliphatic heterocycles. The third-order valence-electron chi connectivity index (χ3n) is 4.52. The van der Waals surface area contributed by atoms with Crippen LogP contribution in [0.3, 0.4) is 0 Å². The van der Waals surface area contributed by atoms with Gasteiger partial charge in [0.15, 0.2) is 5.76 Å². The summed E-state index contributed by atoms with van der Waals surface area (Å²) < 4.78 is 5.08. The van der Waals surface area contributed by atoms with E-state index in [0.717, 1.165) is 10.6 Å². The van der Waals surface area contributed by atoms with Crippen LogP contribution in [0.2, 0.25) is 0 Å². The minimum absolute atomic E-state index is 0.121. The van der Waals surface area contributed by atoms with Crippen LogP contribution in [0.15, 0.2) is 41.7 Å². The molecule has 1 atom stereocenters. The maximum atomic E-state index is 13.2. The Labute approximate surface area is 162 Å². The Kier molecular flexibility index (Phi) is 5.72. The van der Waals surface area contributed by atoms with Crippen LogP contribution in [0.1, 0.15) is 38.4 Å². The van der Waals surface area contributed by atoms with Gasteiger partial charge in [-0.05, 0) is 25.8 Å². The number of benzene rings is 1. The van der Waals surface area contributed by atoms with E-state index in [4.69, 9.17) is 4.74 Å². The number of hydrogen-bond donors (Lipinski definition) is 1. The lowest BCUT2D eigenvalue weighted by Crippen LogP contribution is -2.32. The van der Waals surface area contributed by atoms with Crippen molar-refractivity contribution in [1.29, 1.82) is 0 Å². The van der Waals surface area contributed by atoms with Gasteiger partial charge in [0.25, 0.3) is 5.91 Å². The molecule has 6 nitrogen and oxygen atoms in total. The Morgan fingerprint density at radius 2 is 2.00 bits per heavy atom. The second-order valence-electron chi connectivity index (χ2n) is 6.40. The van der Waals surface area contributed by atoms with Crippen molar-refractivity contribution in [3.8, 4) is 0 Å². The summed E-state index contributed by atoms with van der Waals surface area (Å²) >= 11 is 1.28. The summed E-state index contributed by atoms with van der Waals surface area (Å²) in [5.74, 6) is -1.34. The molecule has 27 heavy (non-hydrogen) atoms. The molecule has 2 aromatic rings. The molecule has 0 fully saturated rings. The molecular weight excluding hydrogens is 364 g/mol. The quantitative estimate of drug-likeness (QED) is 0.583. The Hall–Kier alpha value is -2.51. The van der Waals surface area contributed by atoms with Crippen LogP contribution in [-0.2, 0) is 9.53 Å². The topological polar surface area (TPSA) is 79.7 Å². The molecule has 3 rings (SSSR count). The third kappa shape index (κ3) is 3.65. The smallest absolute Gasteiger partial charge is 0.290 e. The van der Waals surface area contributed by atoms with Gasteiger partial charge in [0.1, 0.15) is 0 Å². The van der Waals surface area contributed by atoms with E-state index in [1.165, 1.54) is 11.3 Å². The minimum atomic E-state index is -0.620. The summed E-state index contributed by atoms with van der Waals surface area (Å²) in [6.07, 6.45) is 0.610. The lowest BCUT2D eigenvalue weighted by Gasteiger charge is -2.26. The first kappa shape index (κ1) is 19.3. The molecule has 0 aliphatic carbocycles. The number of rotatable bonds is 7. The van der Waals surface area contributed by atoms with Gasteiger partial charge in [0, 0.05) is 20.3 Å². The zero-order chi connectivity index (χ0) is 19.6. The van der Waals surface area contributed by atoms with Crippen molar-refractivity contribution in [2.45, 2.75) is 26.3 Å². The van der Waals surface area contributed by atoms with Crippen molar-refractivity contribution in [1.82, 2.24) is 9.88 Å². The van der Waals surface area contributed by atoms with Gasteiger partial charge in [-0.1, -0.05) is 30.3 Å². The van der Waals surface area contributed by atoms with Crippen LogP contribution >= 0.6 is 11.3 Å². The number of carbonyl (C=O) groups excluding carboxylic acids is 2. The molecule has 1 amide bonds. The van der Waals surface area contributed by atoms with E-state index in [1.807, 2.05) is 37.3 Å². The van der Waals surface area contributed by atoms with Gasteiger partial charge in [-0.3, -0.25) is 9.59 Å². The summed E-state index contributed by atoms with van der Waals surface area (Å²) in [5, 5.41) is 11.3. The molecule has 2 heterocycles. The van der Waals surface area contributed by atoms with E-state index in [9.17, 15) is 14.7 Å². The Morgan fingerprint density at radius 1 is 1.30 bits per heavy atom. The molecule has 0 saturated carbocycles. The number of ether oxygens (including phenoxy) is 1. The normalized spacial score (nSPS) is 17.1. The summed E-state index contributed by atoms with van der Waals surface area (Å²) in [5.41, 5.74) is 1.52. The molecule has 7 heteroatoms. The third-order valence-corrected chi connectivity index (χ3v) is 5.59. The van der Waals surface area contributed by atoms with Crippen LogP contribution < -0.4 is 0 Å². The second kappa shape index (κ2) is 8.02. The molecule has 0 radical (unpaired) electrons. The Morgan fingerprint density at radius 3 is 2.59 bits per heavy atom. The van der Waals surface area contributed by atoms with Gasteiger partial charge in [-0.15, -0.1) is 11.3 Å². The second-order valence-corrected chi connectivity index (χ2v) is 7.60. The number of aliphatic hydroxyl groups is 1. The first-order valence-corrected chi connectivity index (χ1v) is 9.54.